The van der Waals surface area contributed by atoms with Crippen molar-refractivity contribution in [3.8, 4) is 5.75 Å². The van der Waals surface area contributed by atoms with Crippen molar-refractivity contribution in [3.05, 3.63) is 58.6 Å². The Kier molecular flexibility index (Phi) is 5.49. The van der Waals surface area contributed by atoms with Crippen molar-refractivity contribution in [2.75, 3.05) is 38.2 Å². The van der Waals surface area contributed by atoms with E-state index in [-0.39, 0.29) is 5.91 Å². The second-order valence-corrected chi connectivity index (χ2v) is 6.70. The van der Waals surface area contributed by atoms with Crippen molar-refractivity contribution in [1.29, 1.82) is 0 Å². The van der Waals surface area contributed by atoms with Gasteiger partial charge in [-0.05, 0) is 36.2 Å². The van der Waals surface area contributed by atoms with Gasteiger partial charge in [-0.2, -0.15) is 0 Å². The molecule has 3 rings (SSSR count). The molecule has 1 amide bonds. The molecule has 25 heavy (non-hydrogen) atoms. The Morgan fingerprint density at radius 2 is 1.84 bits per heavy atom. The van der Waals surface area contributed by atoms with Gasteiger partial charge in [0.15, 0.2) is 0 Å². The van der Waals surface area contributed by atoms with E-state index in [0.29, 0.717) is 17.2 Å². The van der Waals surface area contributed by atoms with Crippen molar-refractivity contribution in [2.45, 2.75) is 13.3 Å². The molecule has 0 bridgehead atoms. The minimum atomic E-state index is 0.196. The van der Waals surface area contributed by atoms with Crippen molar-refractivity contribution in [2.24, 2.45) is 0 Å². The zero-order valence-corrected chi connectivity index (χ0v) is 15.4. The molecule has 5 heteroatoms. The van der Waals surface area contributed by atoms with Gasteiger partial charge in [-0.25, -0.2) is 0 Å². The van der Waals surface area contributed by atoms with Crippen LogP contribution in [0, 0.1) is 6.92 Å². The lowest BCUT2D eigenvalue weighted by Crippen LogP contribution is -2.49. The Labute approximate surface area is 154 Å². The summed E-state index contributed by atoms with van der Waals surface area (Å²) >= 11 is 6.22. The molecule has 1 aliphatic rings. The van der Waals surface area contributed by atoms with E-state index in [0.717, 1.165) is 37.4 Å². The average Bonchev–Trinajstić information content (AvgIpc) is 2.63. The Hall–Kier alpha value is -2.20. The van der Waals surface area contributed by atoms with Crippen LogP contribution in [-0.2, 0) is 11.2 Å². The number of nitrogens with zero attached hydrogens (tertiary/aromatic N) is 2. The maximum Gasteiger partial charge on any atom is 0.227 e. The molecule has 2 aromatic carbocycles. The summed E-state index contributed by atoms with van der Waals surface area (Å²) in [5, 5.41) is 0.609. The molecule has 132 valence electrons. The number of hydrogen-bond acceptors (Lipinski definition) is 3. The maximum atomic E-state index is 12.6. The highest BCUT2D eigenvalue weighted by atomic mass is 35.5. The Bertz CT molecular complexity index is 755. The summed E-state index contributed by atoms with van der Waals surface area (Å²) in [6, 6.07) is 13.9. The van der Waals surface area contributed by atoms with Crippen LogP contribution in [0.25, 0.3) is 0 Å². The summed E-state index contributed by atoms with van der Waals surface area (Å²) in [4.78, 5) is 16.8. The summed E-state index contributed by atoms with van der Waals surface area (Å²) in [5.74, 6) is 0.874. The van der Waals surface area contributed by atoms with Gasteiger partial charge in [0, 0.05) is 31.9 Å². The van der Waals surface area contributed by atoms with E-state index in [4.69, 9.17) is 16.3 Å². The van der Waals surface area contributed by atoms with Crippen LogP contribution in [0.4, 0.5) is 5.69 Å². The van der Waals surface area contributed by atoms with Crippen LogP contribution in [-0.4, -0.2) is 44.1 Å². The largest absolute Gasteiger partial charge is 0.495 e. The van der Waals surface area contributed by atoms with E-state index in [1.807, 2.05) is 54.3 Å². The van der Waals surface area contributed by atoms with Crippen LogP contribution in [0.3, 0.4) is 0 Å². The normalized spacial score (nSPS) is 14.5. The zero-order valence-electron chi connectivity index (χ0n) is 14.7. The third-order valence-electron chi connectivity index (χ3n) is 4.74. The van der Waals surface area contributed by atoms with Crippen LogP contribution in [0.5, 0.6) is 5.75 Å². The molecule has 0 N–H and O–H groups in total. The predicted molar refractivity (Wildman–Crippen MR) is 102 cm³/mol. The van der Waals surface area contributed by atoms with Crippen LogP contribution in [0.15, 0.2) is 42.5 Å². The number of anilines is 1. The summed E-state index contributed by atoms with van der Waals surface area (Å²) in [6.07, 6.45) is 0.473. The van der Waals surface area contributed by atoms with E-state index in [2.05, 4.69) is 4.90 Å². The molecule has 4 nitrogen and oxygen atoms in total. The van der Waals surface area contributed by atoms with Crippen molar-refractivity contribution < 1.29 is 9.53 Å². The van der Waals surface area contributed by atoms with E-state index in [9.17, 15) is 4.79 Å². The highest BCUT2D eigenvalue weighted by Gasteiger charge is 2.22. The smallest absolute Gasteiger partial charge is 0.227 e. The average molecular weight is 359 g/mol. The standard InChI is InChI=1S/C20H23ClN2O2/c1-15-5-3-4-6-16(15)13-20(24)23-11-9-22(10-12-23)17-7-8-19(25-2)18(21)14-17/h3-8,14H,9-13H2,1-2H3. The number of ether oxygens (including phenoxy) is 1. The highest BCUT2D eigenvalue weighted by molar-refractivity contribution is 6.32. The van der Waals surface area contributed by atoms with Crippen molar-refractivity contribution >= 4 is 23.2 Å². The molecule has 0 spiro atoms. The predicted octanol–water partition coefficient (Wildman–Crippen LogP) is 3.55. The number of carbonyl (C=O) groups is 1. The van der Waals surface area contributed by atoms with Gasteiger partial charge < -0.3 is 14.5 Å². The summed E-state index contributed by atoms with van der Waals surface area (Å²) in [6.45, 7) is 5.13. The summed E-state index contributed by atoms with van der Waals surface area (Å²) in [7, 11) is 1.61. The van der Waals surface area contributed by atoms with Crippen LogP contribution in [0.1, 0.15) is 11.1 Å². The number of halogens is 1. The van der Waals surface area contributed by atoms with E-state index in [1.54, 1.807) is 7.11 Å². The first kappa shape index (κ1) is 17.6. The van der Waals surface area contributed by atoms with Gasteiger partial charge in [-0.1, -0.05) is 35.9 Å². The van der Waals surface area contributed by atoms with Gasteiger partial charge in [-0.15, -0.1) is 0 Å². The van der Waals surface area contributed by atoms with E-state index >= 15 is 0 Å². The molecule has 1 fully saturated rings. The fourth-order valence-electron chi connectivity index (χ4n) is 3.15. The lowest BCUT2D eigenvalue weighted by molar-refractivity contribution is -0.130. The molecule has 1 heterocycles. The number of piperazine rings is 1. The van der Waals surface area contributed by atoms with Gasteiger partial charge in [0.25, 0.3) is 0 Å². The molecule has 0 radical (unpaired) electrons. The zero-order chi connectivity index (χ0) is 17.8. The lowest BCUT2D eigenvalue weighted by atomic mass is 10.1. The Morgan fingerprint density at radius 3 is 2.48 bits per heavy atom. The van der Waals surface area contributed by atoms with Gasteiger partial charge in [-0.3, -0.25) is 4.79 Å². The second-order valence-electron chi connectivity index (χ2n) is 6.29. The highest BCUT2D eigenvalue weighted by Crippen LogP contribution is 2.29. The fraction of sp³-hybridized carbons (Fsp3) is 0.350. The number of hydrogen-bond donors (Lipinski definition) is 0. The topological polar surface area (TPSA) is 32.8 Å². The number of benzene rings is 2. The molecule has 0 aromatic heterocycles. The first-order valence-electron chi connectivity index (χ1n) is 8.49. The van der Waals surface area contributed by atoms with Crippen LogP contribution < -0.4 is 9.64 Å². The lowest BCUT2D eigenvalue weighted by Gasteiger charge is -2.36. The first-order valence-corrected chi connectivity index (χ1v) is 8.87. The minimum Gasteiger partial charge on any atom is -0.495 e. The third-order valence-corrected chi connectivity index (χ3v) is 5.03. The van der Waals surface area contributed by atoms with Gasteiger partial charge in [0.1, 0.15) is 5.75 Å². The van der Waals surface area contributed by atoms with Gasteiger partial charge in [0.05, 0.1) is 18.6 Å². The molecular weight excluding hydrogens is 336 g/mol. The molecule has 2 aromatic rings. The first-order chi connectivity index (χ1) is 12.1. The number of methoxy groups -OCH3 is 1. The monoisotopic (exact) mass is 358 g/mol. The van der Waals surface area contributed by atoms with E-state index < -0.39 is 0 Å². The number of rotatable bonds is 4. The summed E-state index contributed by atoms with van der Waals surface area (Å²) in [5.41, 5.74) is 3.34. The minimum absolute atomic E-state index is 0.196. The van der Waals surface area contributed by atoms with E-state index in [1.165, 1.54) is 5.56 Å². The Morgan fingerprint density at radius 1 is 1.12 bits per heavy atom. The molecule has 0 unspecified atom stereocenters. The number of amides is 1. The van der Waals surface area contributed by atoms with Gasteiger partial charge in [0.2, 0.25) is 5.91 Å². The number of carbonyl (C=O) groups excluding carboxylic acids is 1. The number of aryl methyl sites for hydroxylation is 1. The molecular formula is C20H23ClN2O2. The quantitative estimate of drug-likeness (QED) is 0.838. The molecule has 0 saturated carbocycles. The molecule has 0 atom stereocenters. The SMILES string of the molecule is COc1ccc(N2CCN(C(=O)Cc3ccccc3C)CC2)cc1Cl. The molecule has 1 aliphatic heterocycles. The second kappa shape index (κ2) is 7.79. The van der Waals surface area contributed by atoms with Crippen molar-refractivity contribution in [3.63, 3.8) is 0 Å². The van der Waals surface area contributed by atoms with Crippen molar-refractivity contribution in [1.82, 2.24) is 4.90 Å². The molecule has 1 saturated heterocycles. The third kappa shape index (κ3) is 4.07. The fourth-order valence-corrected chi connectivity index (χ4v) is 3.40. The Balaban J connectivity index is 1.59. The molecule has 0 aliphatic carbocycles. The maximum absolute atomic E-state index is 12.6. The van der Waals surface area contributed by atoms with Crippen LogP contribution >= 0.6 is 11.6 Å². The van der Waals surface area contributed by atoms with Crippen LogP contribution in [0.2, 0.25) is 5.02 Å². The summed E-state index contributed by atoms with van der Waals surface area (Å²) < 4.78 is 5.20. The van der Waals surface area contributed by atoms with Gasteiger partial charge >= 0.3 is 0 Å².